The lowest BCUT2D eigenvalue weighted by molar-refractivity contribution is -0.159. The zero-order chi connectivity index (χ0) is 18.7. The number of carbonyl (C=O) groups is 1. The van der Waals surface area contributed by atoms with Crippen LogP contribution < -0.4 is 5.32 Å². The second-order valence-corrected chi connectivity index (χ2v) is 6.28. The molecule has 0 aromatic carbocycles. The number of carbonyl (C=O) groups excluding carboxylic acids is 1. The smallest absolute Gasteiger partial charge is 0.348 e. The summed E-state index contributed by atoms with van der Waals surface area (Å²) in [5.41, 5.74) is 0.400. The summed E-state index contributed by atoms with van der Waals surface area (Å²) in [6.07, 6.45) is -0.101. The summed E-state index contributed by atoms with van der Waals surface area (Å²) in [6.45, 7) is 4.22. The predicted octanol–water partition coefficient (Wildman–Crippen LogP) is 2.98. The fourth-order valence-electron chi connectivity index (χ4n) is 2.02. The molecule has 0 saturated heterocycles. The normalized spacial score (nSPS) is 11.5. The van der Waals surface area contributed by atoms with Crippen LogP contribution in [-0.2, 0) is 12.7 Å². The predicted molar refractivity (Wildman–Crippen MR) is 86.5 cm³/mol. The second-order valence-electron chi connectivity index (χ2n) is 5.11. The molecule has 11 heteroatoms. The van der Waals surface area contributed by atoms with Crippen molar-refractivity contribution in [3.05, 3.63) is 53.5 Å². The number of thiophene rings is 1. The molecule has 0 saturated carbocycles. The molecule has 3 aromatic heterocycles. The number of halogens is 3. The topological polar surface area (TPSA) is 85.8 Å². The van der Waals surface area contributed by atoms with Gasteiger partial charge in [-0.25, -0.2) is 0 Å². The van der Waals surface area contributed by atoms with Crippen molar-refractivity contribution in [2.45, 2.75) is 12.7 Å². The van der Waals surface area contributed by atoms with Crippen molar-refractivity contribution in [3.8, 4) is 10.7 Å². The molecule has 3 aromatic rings. The Balaban J connectivity index is 1.69. The SMILES string of the molecule is C=CCNC(=O)c1cnn(Cc2ccc(-c3noc(C(F)(F)F)n3)s2)c1. The highest BCUT2D eigenvalue weighted by molar-refractivity contribution is 7.15. The lowest BCUT2D eigenvalue weighted by Crippen LogP contribution is -2.22. The molecule has 0 spiro atoms. The molecule has 0 radical (unpaired) electrons. The monoisotopic (exact) mass is 383 g/mol. The zero-order valence-electron chi connectivity index (χ0n) is 13.2. The van der Waals surface area contributed by atoms with Gasteiger partial charge in [0.1, 0.15) is 0 Å². The Hall–Kier alpha value is -2.95. The fraction of sp³-hybridized carbons (Fsp3) is 0.200. The lowest BCUT2D eigenvalue weighted by Gasteiger charge is -1.99. The van der Waals surface area contributed by atoms with Gasteiger partial charge in [-0.05, 0) is 12.1 Å². The Morgan fingerprint density at radius 3 is 2.92 bits per heavy atom. The van der Waals surface area contributed by atoms with Gasteiger partial charge in [0.05, 0.1) is 23.2 Å². The number of nitrogens with zero attached hydrogens (tertiary/aromatic N) is 4. The number of aromatic nitrogens is 4. The van der Waals surface area contributed by atoms with E-state index in [1.54, 1.807) is 29.1 Å². The van der Waals surface area contributed by atoms with Gasteiger partial charge >= 0.3 is 12.1 Å². The van der Waals surface area contributed by atoms with Gasteiger partial charge in [-0.15, -0.1) is 17.9 Å². The number of hydrogen-bond donors (Lipinski definition) is 1. The molecule has 1 N–H and O–H groups in total. The van der Waals surface area contributed by atoms with E-state index in [2.05, 4.69) is 31.7 Å². The van der Waals surface area contributed by atoms with Crippen LogP contribution in [0.15, 0.2) is 41.7 Å². The van der Waals surface area contributed by atoms with E-state index in [0.717, 1.165) is 4.88 Å². The molecule has 3 heterocycles. The molecule has 7 nitrogen and oxygen atoms in total. The van der Waals surface area contributed by atoms with Crippen molar-refractivity contribution in [2.24, 2.45) is 0 Å². The summed E-state index contributed by atoms with van der Waals surface area (Å²) >= 11 is 1.21. The van der Waals surface area contributed by atoms with Gasteiger partial charge in [-0.1, -0.05) is 11.2 Å². The highest BCUT2D eigenvalue weighted by atomic mass is 32.1. The van der Waals surface area contributed by atoms with Crippen molar-refractivity contribution < 1.29 is 22.5 Å². The zero-order valence-corrected chi connectivity index (χ0v) is 14.0. The highest BCUT2D eigenvalue weighted by Crippen LogP contribution is 2.31. The van der Waals surface area contributed by atoms with E-state index in [0.29, 0.717) is 23.5 Å². The molecule has 0 fully saturated rings. The van der Waals surface area contributed by atoms with E-state index in [-0.39, 0.29) is 11.7 Å². The van der Waals surface area contributed by atoms with Crippen LogP contribution in [0.25, 0.3) is 10.7 Å². The quantitative estimate of drug-likeness (QED) is 0.662. The Morgan fingerprint density at radius 2 is 2.23 bits per heavy atom. The Bertz CT molecular complexity index is 928. The van der Waals surface area contributed by atoms with Crippen molar-refractivity contribution in [1.29, 1.82) is 0 Å². The maximum atomic E-state index is 12.5. The van der Waals surface area contributed by atoms with Gasteiger partial charge in [0.15, 0.2) is 0 Å². The molecule has 0 unspecified atom stereocenters. The van der Waals surface area contributed by atoms with Crippen LogP contribution in [0.5, 0.6) is 0 Å². The summed E-state index contributed by atoms with van der Waals surface area (Å²) in [5, 5.41) is 10.1. The standard InChI is InChI=1S/C15H12F3N5O2S/c1-2-5-19-13(24)9-6-20-23(7-9)8-10-3-4-11(26-10)12-21-14(25-22-12)15(16,17)18/h2-4,6-7H,1,5,8H2,(H,19,24). The van der Waals surface area contributed by atoms with Crippen LogP contribution in [0, 0.1) is 0 Å². The molecule has 3 rings (SSSR count). The molecule has 1 amide bonds. The fourth-order valence-corrected chi connectivity index (χ4v) is 2.94. The summed E-state index contributed by atoms with van der Waals surface area (Å²) in [4.78, 5) is 16.4. The Kier molecular flexibility index (Phi) is 4.89. The van der Waals surface area contributed by atoms with Gasteiger partial charge in [-0.2, -0.15) is 23.3 Å². The maximum absolute atomic E-state index is 12.5. The largest absolute Gasteiger partial charge is 0.471 e. The molecule has 0 aliphatic heterocycles. The van der Waals surface area contributed by atoms with E-state index in [9.17, 15) is 18.0 Å². The Labute approximate surface area is 149 Å². The van der Waals surface area contributed by atoms with E-state index < -0.39 is 12.1 Å². The minimum Gasteiger partial charge on any atom is -0.348 e. The second kappa shape index (κ2) is 7.12. The van der Waals surface area contributed by atoms with Crippen LogP contribution in [-0.4, -0.2) is 32.4 Å². The van der Waals surface area contributed by atoms with Gasteiger partial charge in [0.2, 0.25) is 5.82 Å². The van der Waals surface area contributed by atoms with Crippen LogP contribution in [0.2, 0.25) is 0 Å². The third-order valence-corrected chi connectivity index (χ3v) is 4.24. The minimum absolute atomic E-state index is 0.126. The number of nitrogens with one attached hydrogen (secondary N) is 1. The first kappa shape index (κ1) is 17.9. The maximum Gasteiger partial charge on any atom is 0.471 e. The van der Waals surface area contributed by atoms with Crippen LogP contribution in [0.4, 0.5) is 13.2 Å². The molecule has 0 aliphatic rings. The number of amides is 1. The average molecular weight is 383 g/mol. The molecule has 0 bridgehead atoms. The molecule has 26 heavy (non-hydrogen) atoms. The van der Waals surface area contributed by atoms with E-state index >= 15 is 0 Å². The van der Waals surface area contributed by atoms with E-state index in [4.69, 9.17) is 0 Å². The van der Waals surface area contributed by atoms with Gasteiger partial charge in [0.25, 0.3) is 5.91 Å². The van der Waals surface area contributed by atoms with Crippen molar-refractivity contribution in [1.82, 2.24) is 25.2 Å². The molecule has 0 atom stereocenters. The first-order chi connectivity index (χ1) is 12.4. The number of hydrogen-bond acceptors (Lipinski definition) is 6. The van der Waals surface area contributed by atoms with E-state index in [1.165, 1.54) is 17.5 Å². The number of rotatable bonds is 6. The van der Waals surface area contributed by atoms with Crippen LogP contribution >= 0.6 is 11.3 Å². The average Bonchev–Trinajstić information content (AvgIpc) is 3.31. The summed E-state index contributed by atoms with van der Waals surface area (Å²) in [6, 6.07) is 3.33. The highest BCUT2D eigenvalue weighted by Gasteiger charge is 2.38. The minimum atomic E-state index is -4.68. The van der Waals surface area contributed by atoms with Gasteiger partial charge < -0.3 is 9.84 Å². The van der Waals surface area contributed by atoms with Crippen LogP contribution in [0.3, 0.4) is 0 Å². The summed E-state index contributed by atoms with van der Waals surface area (Å²) in [5.74, 6) is -1.78. The van der Waals surface area contributed by atoms with Crippen molar-refractivity contribution in [2.75, 3.05) is 6.54 Å². The molecule has 0 aliphatic carbocycles. The van der Waals surface area contributed by atoms with Crippen molar-refractivity contribution in [3.63, 3.8) is 0 Å². The molecule has 136 valence electrons. The summed E-state index contributed by atoms with van der Waals surface area (Å²) in [7, 11) is 0. The van der Waals surface area contributed by atoms with Gasteiger partial charge in [0, 0.05) is 17.6 Å². The number of alkyl halides is 3. The molecular weight excluding hydrogens is 371 g/mol. The first-order valence-corrected chi connectivity index (χ1v) is 8.10. The molecular formula is C15H12F3N5O2S. The van der Waals surface area contributed by atoms with E-state index in [1.807, 2.05) is 0 Å². The third-order valence-electron chi connectivity index (χ3n) is 3.17. The summed E-state index contributed by atoms with van der Waals surface area (Å²) < 4.78 is 43.3. The lowest BCUT2D eigenvalue weighted by atomic mass is 10.3. The third kappa shape index (κ3) is 3.99. The van der Waals surface area contributed by atoms with Gasteiger partial charge in [-0.3, -0.25) is 9.48 Å². The van der Waals surface area contributed by atoms with Crippen LogP contribution in [0.1, 0.15) is 21.1 Å². The first-order valence-electron chi connectivity index (χ1n) is 7.28. The van der Waals surface area contributed by atoms with Crippen molar-refractivity contribution >= 4 is 17.2 Å². The Morgan fingerprint density at radius 1 is 1.42 bits per heavy atom.